The Hall–Kier alpha value is -2.11. The van der Waals surface area contributed by atoms with Crippen molar-refractivity contribution in [1.29, 1.82) is 0 Å². The van der Waals surface area contributed by atoms with E-state index in [2.05, 4.69) is 0 Å². The Labute approximate surface area is 135 Å². The van der Waals surface area contributed by atoms with Crippen LogP contribution in [-0.4, -0.2) is 17.7 Å². The van der Waals surface area contributed by atoms with Gasteiger partial charge < -0.3 is 19.0 Å². The molecule has 0 aliphatic heterocycles. The standard InChI is InChI=1S/C18H22O5/c1-2-3-11-22-18(20)17(19)16-10-9-15(23-16)13-21-12-14-7-5-4-6-8-14/h4-10,17,19H,2-3,11-13H2,1H3/t17-/m0/s1. The van der Waals surface area contributed by atoms with Gasteiger partial charge in [0.1, 0.15) is 18.1 Å². The quantitative estimate of drug-likeness (QED) is 0.567. The molecule has 5 heteroatoms. The molecule has 0 fully saturated rings. The van der Waals surface area contributed by atoms with Crippen molar-refractivity contribution in [2.24, 2.45) is 0 Å². The highest BCUT2D eigenvalue weighted by atomic mass is 16.5. The largest absolute Gasteiger partial charge is 0.463 e. The Morgan fingerprint density at radius 2 is 1.96 bits per heavy atom. The summed E-state index contributed by atoms with van der Waals surface area (Å²) in [6.45, 7) is 3.05. The van der Waals surface area contributed by atoms with E-state index in [1.165, 1.54) is 0 Å². The molecule has 2 rings (SSSR count). The Morgan fingerprint density at radius 3 is 2.70 bits per heavy atom. The fourth-order valence-corrected chi connectivity index (χ4v) is 1.97. The molecule has 124 valence electrons. The number of esters is 1. The Kier molecular flexibility index (Phi) is 6.84. The Morgan fingerprint density at radius 1 is 1.17 bits per heavy atom. The van der Waals surface area contributed by atoms with E-state index >= 15 is 0 Å². The summed E-state index contributed by atoms with van der Waals surface area (Å²) in [6.07, 6.45) is 0.303. The van der Waals surface area contributed by atoms with E-state index in [1.807, 2.05) is 37.3 Å². The number of carbonyl (C=O) groups excluding carboxylic acids is 1. The van der Waals surface area contributed by atoms with Crippen molar-refractivity contribution >= 4 is 5.97 Å². The number of hydrogen-bond donors (Lipinski definition) is 1. The van der Waals surface area contributed by atoms with Crippen LogP contribution in [0.25, 0.3) is 0 Å². The van der Waals surface area contributed by atoms with Gasteiger partial charge in [0.25, 0.3) is 0 Å². The molecule has 1 N–H and O–H groups in total. The third-order valence-corrected chi connectivity index (χ3v) is 3.27. The summed E-state index contributed by atoms with van der Waals surface area (Å²) in [6, 6.07) is 13.0. The summed E-state index contributed by atoms with van der Waals surface area (Å²) in [5.74, 6) is 0.0331. The second-order valence-electron chi connectivity index (χ2n) is 5.21. The number of rotatable bonds is 9. The highest BCUT2D eigenvalue weighted by molar-refractivity contribution is 5.75. The summed E-state index contributed by atoms with van der Waals surface area (Å²) in [7, 11) is 0. The maximum Gasteiger partial charge on any atom is 0.342 e. The molecule has 0 unspecified atom stereocenters. The fraction of sp³-hybridized carbons (Fsp3) is 0.389. The molecule has 23 heavy (non-hydrogen) atoms. The number of hydrogen-bond acceptors (Lipinski definition) is 5. The minimum absolute atomic E-state index is 0.171. The van der Waals surface area contributed by atoms with Crippen molar-refractivity contribution in [2.75, 3.05) is 6.61 Å². The van der Waals surface area contributed by atoms with E-state index in [9.17, 15) is 9.90 Å². The SMILES string of the molecule is CCCCOC(=O)[C@@H](O)c1ccc(COCc2ccccc2)o1. The molecule has 0 saturated carbocycles. The molecule has 0 spiro atoms. The van der Waals surface area contributed by atoms with Crippen LogP contribution in [0.3, 0.4) is 0 Å². The number of benzene rings is 1. The molecule has 0 bridgehead atoms. The second-order valence-corrected chi connectivity index (χ2v) is 5.21. The van der Waals surface area contributed by atoms with Crippen LogP contribution >= 0.6 is 0 Å². The molecule has 0 saturated heterocycles. The number of furan rings is 1. The van der Waals surface area contributed by atoms with Gasteiger partial charge in [0.05, 0.1) is 13.2 Å². The van der Waals surface area contributed by atoms with Crippen LogP contribution in [-0.2, 0) is 27.5 Å². The van der Waals surface area contributed by atoms with Crippen molar-refractivity contribution < 1.29 is 23.8 Å². The van der Waals surface area contributed by atoms with E-state index in [1.54, 1.807) is 12.1 Å². The van der Waals surface area contributed by atoms with Gasteiger partial charge in [-0.05, 0) is 24.1 Å². The van der Waals surface area contributed by atoms with Crippen LogP contribution in [0.2, 0.25) is 0 Å². The zero-order chi connectivity index (χ0) is 16.5. The van der Waals surface area contributed by atoms with Gasteiger partial charge in [-0.25, -0.2) is 4.79 Å². The van der Waals surface area contributed by atoms with Crippen LogP contribution < -0.4 is 0 Å². The zero-order valence-electron chi connectivity index (χ0n) is 13.2. The van der Waals surface area contributed by atoms with Crippen molar-refractivity contribution in [3.63, 3.8) is 0 Å². The van der Waals surface area contributed by atoms with E-state index in [4.69, 9.17) is 13.9 Å². The summed E-state index contributed by atoms with van der Waals surface area (Å²) in [5.41, 5.74) is 1.07. The lowest BCUT2D eigenvalue weighted by Gasteiger charge is -2.08. The molecule has 1 aromatic heterocycles. The van der Waals surface area contributed by atoms with Crippen LogP contribution in [0, 0.1) is 0 Å². The summed E-state index contributed by atoms with van der Waals surface area (Å²) < 4.78 is 15.9. The lowest BCUT2D eigenvalue weighted by atomic mass is 10.2. The van der Waals surface area contributed by atoms with Crippen LogP contribution in [0.1, 0.15) is 43.0 Å². The molecule has 0 amide bonds. The predicted molar refractivity (Wildman–Crippen MR) is 84.5 cm³/mol. The van der Waals surface area contributed by atoms with Gasteiger partial charge in [0.15, 0.2) is 0 Å². The average molecular weight is 318 g/mol. The monoisotopic (exact) mass is 318 g/mol. The van der Waals surface area contributed by atoms with Crippen molar-refractivity contribution in [2.45, 2.75) is 39.1 Å². The normalized spacial score (nSPS) is 12.1. The highest BCUT2D eigenvalue weighted by Gasteiger charge is 2.22. The number of aliphatic hydroxyl groups is 1. The topological polar surface area (TPSA) is 68.9 Å². The summed E-state index contributed by atoms with van der Waals surface area (Å²) in [5, 5.41) is 9.90. The molecule has 5 nitrogen and oxygen atoms in total. The maximum atomic E-state index is 11.7. The number of carbonyl (C=O) groups is 1. The lowest BCUT2D eigenvalue weighted by molar-refractivity contribution is -0.155. The smallest absolute Gasteiger partial charge is 0.342 e. The van der Waals surface area contributed by atoms with E-state index in [0.717, 1.165) is 18.4 Å². The molecule has 1 heterocycles. The Balaban J connectivity index is 1.79. The van der Waals surface area contributed by atoms with Gasteiger partial charge in [-0.1, -0.05) is 43.7 Å². The van der Waals surface area contributed by atoms with Crippen LogP contribution in [0.5, 0.6) is 0 Å². The van der Waals surface area contributed by atoms with Crippen molar-refractivity contribution in [3.8, 4) is 0 Å². The molecule has 0 aliphatic carbocycles. The van der Waals surface area contributed by atoms with Crippen LogP contribution in [0.4, 0.5) is 0 Å². The van der Waals surface area contributed by atoms with Gasteiger partial charge in [-0.3, -0.25) is 0 Å². The number of unbranched alkanes of at least 4 members (excludes halogenated alkanes) is 1. The maximum absolute atomic E-state index is 11.7. The molecule has 0 radical (unpaired) electrons. The fourth-order valence-electron chi connectivity index (χ4n) is 1.97. The second kappa shape index (κ2) is 9.12. The van der Waals surface area contributed by atoms with Gasteiger partial charge in [-0.2, -0.15) is 0 Å². The summed E-state index contributed by atoms with van der Waals surface area (Å²) in [4.78, 5) is 11.7. The third-order valence-electron chi connectivity index (χ3n) is 3.27. The van der Waals surface area contributed by atoms with Gasteiger partial charge in [0, 0.05) is 0 Å². The van der Waals surface area contributed by atoms with Crippen LogP contribution in [0.15, 0.2) is 46.9 Å². The van der Waals surface area contributed by atoms with E-state index in [0.29, 0.717) is 19.0 Å². The third kappa shape index (κ3) is 5.54. The molecule has 1 atom stereocenters. The first kappa shape index (κ1) is 17.2. The summed E-state index contributed by atoms with van der Waals surface area (Å²) >= 11 is 0. The molecule has 2 aromatic rings. The lowest BCUT2D eigenvalue weighted by Crippen LogP contribution is -2.15. The van der Waals surface area contributed by atoms with Gasteiger partial charge in [-0.15, -0.1) is 0 Å². The zero-order valence-corrected chi connectivity index (χ0v) is 13.2. The van der Waals surface area contributed by atoms with Gasteiger partial charge in [0.2, 0.25) is 6.10 Å². The first-order valence-electron chi connectivity index (χ1n) is 7.75. The molecular formula is C18H22O5. The molecule has 1 aromatic carbocycles. The molecule has 0 aliphatic rings. The minimum Gasteiger partial charge on any atom is -0.463 e. The Bertz CT molecular complexity index is 590. The highest BCUT2D eigenvalue weighted by Crippen LogP contribution is 2.19. The molecular weight excluding hydrogens is 296 g/mol. The first-order valence-corrected chi connectivity index (χ1v) is 7.75. The predicted octanol–water partition coefficient (Wildman–Crippen LogP) is 3.37. The number of ether oxygens (including phenoxy) is 2. The first-order chi connectivity index (χ1) is 11.2. The minimum atomic E-state index is -1.39. The van der Waals surface area contributed by atoms with E-state index in [-0.39, 0.29) is 12.4 Å². The van der Waals surface area contributed by atoms with Crippen molar-refractivity contribution in [1.82, 2.24) is 0 Å². The van der Waals surface area contributed by atoms with E-state index < -0.39 is 12.1 Å². The van der Waals surface area contributed by atoms with Crippen molar-refractivity contribution in [3.05, 3.63) is 59.5 Å². The average Bonchev–Trinajstić information content (AvgIpc) is 3.04. The van der Waals surface area contributed by atoms with Gasteiger partial charge >= 0.3 is 5.97 Å². The number of aliphatic hydroxyl groups excluding tert-OH is 1.